The van der Waals surface area contributed by atoms with Crippen molar-refractivity contribution in [2.45, 2.75) is 25.8 Å². The van der Waals surface area contributed by atoms with Crippen LogP contribution >= 0.6 is 0 Å². The zero-order chi connectivity index (χ0) is 7.14. The molecule has 0 radical (unpaired) electrons. The zero-order valence-corrected chi connectivity index (χ0v) is 5.91. The Morgan fingerprint density at radius 2 is 2.40 bits per heavy atom. The summed E-state index contributed by atoms with van der Waals surface area (Å²) in [7, 11) is 0. The number of nitrogens with zero attached hydrogens (tertiary/aromatic N) is 2. The highest BCUT2D eigenvalue weighted by molar-refractivity contribution is 5.22. The Morgan fingerprint density at radius 3 is 2.80 bits per heavy atom. The Labute approximate surface area is 59.3 Å². The van der Waals surface area contributed by atoms with Crippen molar-refractivity contribution >= 4 is 0 Å². The predicted octanol–water partition coefficient (Wildman–Crippen LogP) is 1.23. The van der Waals surface area contributed by atoms with Gasteiger partial charge in [-0.15, -0.1) is 0 Å². The van der Waals surface area contributed by atoms with E-state index in [4.69, 9.17) is 5.11 Å². The number of aromatic hydroxyl groups is 1. The van der Waals surface area contributed by atoms with Gasteiger partial charge >= 0.3 is 0 Å². The molecule has 1 aliphatic rings. The van der Waals surface area contributed by atoms with E-state index in [1.165, 1.54) is 19.0 Å². The Bertz CT molecular complexity index is 250. The molecule has 3 nitrogen and oxygen atoms in total. The van der Waals surface area contributed by atoms with E-state index in [-0.39, 0.29) is 0 Å². The quantitative estimate of drug-likeness (QED) is 0.633. The van der Waals surface area contributed by atoms with E-state index in [2.05, 4.69) is 5.10 Å². The molecule has 1 aromatic heterocycles. The monoisotopic (exact) mass is 138 g/mol. The molecule has 1 N–H and O–H groups in total. The van der Waals surface area contributed by atoms with E-state index in [0.29, 0.717) is 11.8 Å². The van der Waals surface area contributed by atoms with Crippen molar-refractivity contribution in [3.05, 3.63) is 11.9 Å². The van der Waals surface area contributed by atoms with Crippen LogP contribution in [-0.2, 0) is 0 Å². The molecular formula is C7H10N2O. The van der Waals surface area contributed by atoms with Gasteiger partial charge in [-0.3, -0.25) is 4.68 Å². The Kier molecular flexibility index (Phi) is 1.01. The van der Waals surface area contributed by atoms with Crippen molar-refractivity contribution < 1.29 is 5.11 Å². The first-order valence-electron chi connectivity index (χ1n) is 3.52. The van der Waals surface area contributed by atoms with Crippen molar-refractivity contribution in [1.82, 2.24) is 9.78 Å². The highest BCUT2D eigenvalue weighted by Crippen LogP contribution is 2.36. The molecular weight excluding hydrogens is 128 g/mol. The molecule has 3 heteroatoms. The second-order valence-electron chi connectivity index (χ2n) is 2.79. The van der Waals surface area contributed by atoms with E-state index < -0.39 is 0 Å². The average molecular weight is 138 g/mol. The molecule has 0 unspecified atom stereocenters. The van der Waals surface area contributed by atoms with Crippen molar-refractivity contribution in [3.63, 3.8) is 0 Å². The number of hydrogen-bond acceptors (Lipinski definition) is 2. The zero-order valence-electron chi connectivity index (χ0n) is 5.91. The third-order valence-electron chi connectivity index (χ3n) is 1.91. The molecule has 54 valence electrons. The van der Waals surface area contributed by atoms with Crippen LogP contribution in [-0.4, -0.2) is 14.9 Å². The predicted molar refractivity (Wildman–Crippen MR) is 36.9 cm³/mol. The van der Waals surface area contributed by atoms with Crippen LogP contribution in [0.4, 0.5) is 0 Å². The standard InChI is InChI=1S/C7H10N2O/c1-5-7(10)4-8-9(5)6-2-3-6/h4,6,10H,2-3H2,1H3. The van der Waals surface area contributed by atoms with E-state index in [9.17, 15) is 0 Å². The molecule has 1 fully saturated rings. The molecule has 0 bridgehead atoms. The molecule has 1 aromatic rings. The summed E-state index contributed by atoms with van der Waals surface area (Å²) >= 11 is 0. The van der Waals surface area contributed by atoms with Gasteiger partial charge in [0.25, 0.3) is 0 Å². The van der Waals surface area contributed by atoms with Crippen LogP contribution in [0.5, 0.6) is 5.75 Å². The lowest BCUT2D eigenvalue weighted by atomic mass is 10.4. The van der Waals surface area contributed by atoms with Gasteiger partial charge in [0.1, 0.15) is 0 Å². The molecule has 0 spiro atoms. The summed E-state index contributed by atoms with van der Waals surface area (Å²) in [6.07, 6.45) is 3.93. The summed E-state index contributed by atoms with van der Waals surface area (Å²) in [6, 6.07) is 0.570. The largest absolute Gasteiger partial charge is 0.504 e. The van der Waals surface area contributed by atoms with Gasteiger partial charge in [0.2, 0.25) is 0 Å². The van der Waals surface area contributed by atoms with Crippen LogP contribution in [0.2, 0.25) is 0 Å². The molecule has 1 saturated carbocycles. The average Bonchev–Trinajstić information content (AvgIpc) is 2.67. The van der Waals surface area contributed by atoms with Gasteiger partial charge in [0, 0.05) is 0 Å². The Morgan fingerprint density at radius 1 is 1.70 bits per heavy atom. The maximum absolute atomic E-state index is 9.13. The van der Waals surface area contributed by atoms with Gasteiger partial charge in [0.05, 0.1) is 17.9 Å². The molecule has 10 heavy (non-hydrogen) atoms. The van der Waals surface area contributed by atoms with Crippen molar-refractivity contribution in [2.24, 2.45) is 0 Å². The minimum Gasteiger partial charge on any atom is -0.504 e. The van der Waals surface area contributed by atoms with Gasteiger partial charge in [-0.25, -0.2) is 0 Å². The summed E-state index contributed by atoms with van der Waals surface area (Å²) in [6.45, 7) is 1.89. The molecule has 0 atom stereocenters. The molecule has 2 rings (SSSR count). The van der Waals surface area contributed by atoms with E-state index in [1.54, 1.807) is 0 Å². The van der Waals surface area contributed by atoms with E-state index in [0.717, 1.165) is 5.69 Å². The first-order valence-corrected chi connectivity index (χ1v) is 3.52. The van der Waals surface area contributed by atoms with Crippen LogP contribution in [0, 0.1) is 6.92 Å². The lowest BCUT2D eigenvalue weighted by Gasteiger charge is -1.98. The summed E-state index contributed by atoms with van der Waals surface area (Å²) in [5.41, 5.74) is 0.891. The summed E-state index contributed by atoms with van der Waals surface area (Å²) in [5.74, 6) is 0.312. The third kappa shape index (κ3) is 0.701. The van der Waals surface area contributed by atoms with Crippen molar-refractivity contribution in [1.29, 1.82) is 0 Å². The second kappa shape index (κ2) is 1.75. The summed E-state index contributed by atoms with van der Waals surface area (Å²) in [4.78, 5) is 0. The maximum Gasteiger partial charge on any atom is 0.156 e. The SMILES string of the molecule is Cc1c(O)cnn1C1CC1. The number of rotatable bonds is 1. The number of aromatic nitrogens is 2. The van der Waals surface area contributed by atoms with E-state index >= 15 is 0 Å². The molecule has 0 aromatic carbocycles. The van der Waals surface area contributed by atoms with Crippen LogP contribution in [0.15, 0.2) is 6.20 Å². The first-order chi connectivity index (χ1) is 4.79. The molecule has 0 aliphatic heterocycles. The van der Waals surface area contributed by atoms with Crippen LogP contribution in [0.3, 0.4) is 0 Å². The summed E-state index contributed by atoms with van der Waals surface area (Å²) in [5, 5.41) is 13.2. The van der Waals surface area contributed by atoms with Gasteiger partial charge < -0.3 is 5.11 Å². The molecule has 1 aliphatic carbocycles. The first kappa shape index (κ1) is 5.77. The van der Waals surface area contributed by atoms with E-state index in [1.807, 2.05) is 11.6 Å². The normalized spacial score (nSPS) is 17.7. The lowest BCUT2D eigenvalue weighted by Crippen LogP contribution is -1.97. The van der Waals surface area contributed by atoms with Gasteiger partial charge in [-0.05, 0) is 19.8 Å². The molecule has 0 amide bonds. The smallest absolute Gasteiger partial charge is 0.156 e. The van der Waals surface area contributed by atoms with Crippen molar-refractivity contribution in [3.8, 4) is 5.75 Å². The minimum absolute atomic E-state index is 0.312. The Balaban J connectivity index is 2.40. The second-order valence-corrected chi connectivity index (χ2v) is 2.79. The van der Waals surface area contributed by atoms with Crippen LogP contribution in [0.1, 0.15) is 24.6 Å². The van der Waals surface area contributed by atoms with Crippen LogP contribution < -0.4 is 0 Å². The van der Waals surface area contributed by atoms with Gasteiger partial charge in [-0.1, -0.05) is 0 Å². The fourth-order valence-corrected chi connectivity index (χ4v) is 1.10. The maximum atomic E-state index is 9.13. The highest BCUT2D eigenvalue weighted by atomic mass is 16.3. The fraction of sp³-hybridized carbons (Fsp3) is 0.571. The minimum atomic E-state index is 0.312. The number of hydrogen-bond donors (Lipinski definition) is 1. The third-order valence-corrected chi connectivity index (χ3v) is 1.91. The van der Waals surface area contributed by atoms with Gasteiger partial charge in [0.15, 0.2) is 5.75 Å². The van der Waals surface area contributed by atoms with Gasteiger partial charge in [-0.2, -0.15) is 5.10 Å². The molecule has 1 heterocycles. The molecule has 0 saturated heterocycles. The lowest BCUT2D eigenvalue weighted by molar-refractivity contribution is 0.467. The fourth-order valence-electron chi connectivity index (χ4n) is 1.10. The topological polar surface area (TPSA) is 38.1 Å². The van der Waals surface area contributed by atoms with Crippen molar-refractivity contribution in [2.75, 3.05) is 0 Å². The summed E-state index contributed by atoms with van der Waals surface area (Å²) < 4.78 is 1.90. The highest BCUT2D eigenvalue weighted by Gasteiger charge is 2.26. The van der Waals surface area contributed by atoms with Crippen LogP contribution in [0.25, 0.3) is 0 Å². The Hall–Kier alpha value is -0.990.